The Morgan fingerprint density at radius 1 is 1.15 bits per heavy atom. The van der Waals surface area contributed by atoms with Crippen LogP contribution in [0.4, 0.5) is 8.78 Å². The topological polar surface area (TPSA) is 73.2 Å². The number of halogens is 2. The first-order valence-electron chi connectivity index (χ1n) is 14.0. The Bertz CT molecular complexity index is 1450. The number of ether oxygens (including phenoxy) is 1. The maximum Gasteiger partial charge on any atom is 0.252 e. The van der Waals surface area contributed by atoms with Gasteiger partial charge >= 0.3 is 0 Å². The zero-order valence-electron chi connectivity index (χ0n) is 21.9. The van der Waals surface area contributed by atoms with Crippen LogP contribution in [-0.4, -0.2) is 69.7 Å². The molecule has 204 valence electrons. The fraction of sp³-hybridized carbons (Fsp3) is 0.516. The molecule has 39 heavy (non-hydrogen) atoms. The van der Waals surface area contributed by atoms with Gasteiger partial charge in [-0.2, -0.15) is 0 Å². The van der Waals surface area contributed by atoms with Gasteiger partial charge in [0.1, 0.15) is 11.7 Å². The number of fused-ring (bicyclic) bond motifs is 1. The highest BCUT2D eigenvalue weighted by atomic mass is 19.3. The number of aromatic hydroxyl groups is 1. The van der Waals surface area contributed by atoms with E-state index in [1.165, 1.54) is 0 Å². The van der Waals surface area contributed by atoms with Crippen molar-refractivity contribution in [2.24, 2.45) is 11.3 Å². The normalized spacial score (nSPS) is 38.1. The third kappa shape index (κ3) is 2.84. The molecule has 1 unspecified atom stereocenters. The summed E-state index contributed by atoms with van der Waals surface area (Å²) >= 11 is 0. The summed E-state index contributed by atoms with van der Waals surface area (Å²) in [5, 5.41) is 23.2. The first-order valence-corrected chi connectivity index (χ1v) is 14.0. The van der Waals surface area contributed by atoms with E-state index in [4.69, 9.17) is 4.74 Å². The van der Waals surface area contributed by atoms with E-state index in [0.29, 0.717) is 56.6 Å². The molecule has 1 amide bonds. The SMILES string of the molecule is CN(Cc1ccccc1)C(=O)C1=C[C@@]23CC[C@]1(O)[C@@H]1Oc4c(O)ccc5c4[C@@]12CCN(CC1CC1(F)F)[C@@H]3C5. The molecule has 2 heterocycles. The predicted octanol–water partition coefficient (Wildman–Crippen LogP) is 3.79. The van der Waals surface area contributed by atoms with Gasteiger partial charge in [-0.1, -0.05) is 42.5 Å². The molecule has 2 saturated carbocycles. The standard InChI is InChI=1S/C31H32F2N2O4/c1-34(16-18-5-3-2-4-6-18)26(37)21-15-28-9-10-30(21,38)27-29(28)11-12-35(17-20-14-31(20,32)33)23(28)13-19-7-8-22(36)25(39-27)24(19)29/h2-8,15,20,23,27,36,38H,9-14,16-17H2,1H3/t20?,23-,27-,28-,29+,30-/m1/s1. The van der Waals surface area contributed by atoms with Crippen LogP contribution in [-0.2, 0) is 23.2 Å². The number of carbonyl (C=O) groups is 1. The molecule has 2 aliphatic heterocycles. The molecule has 3 fully saturated rings. The number of carbonyl (C=O) groups excluding carboxylic acids is 1. The number of piperidine rings is 1. The van der Waals surface area contributed by atoms with Crippen LogP contribution in [0.15, 0.2) is 54.1 Å². The second-order valence-electron chi connectivity index (χ2n) is 12.7. The van der Waals surface area contributed by atoms with Gasteiger partial charge in [0.2, 0.25) is 0 Å². The molecular weight excluding hydrogens is 502 g/mol. The monoisotopic (exact) mass is 534 g/mol. The summed E-state index contributed by atoms with van der Waals surface area (Å²) in [6.45, 7) is 1.35. The Morgan fingerprint density at radius 3 is 2.67 bits per heavy atom. The third-order valence-corrected chi connectivity index (χ3v) is 10.9. The number of likely N-dealkylation sites (tertiary alicyclic amines) is 1. The highest BCUT2D eigenvalue weighted by Crippen LogP contribution is 2.74. The summed E-state index contributed by atoms with van der Waals surface area (Å²) < 4.78 is 34.7. The van der Waals surface area contributed by atoms with E-state index < -0.39 is 34.4 Å². The van der Waals surface area contributed by atoms with Crippen molar-refractivity contribution in [3.05, 3.63) is 70.8 Å². The number of phenols is 1. The van der Waals surface area contributed by atoms with Crippen LogP contribution in [0.1, 0.15) is 42.4 Å². The summed E-state index contributed by atoms with van der Waals surface area (Å²) in [6, 6.07) is 13.2. The van der Waals surface area contributed by atoms with Gasteiger partial charge in [0.25, 0.3) is 11.8 Å². The molecule has 0 radical (unpaired) electrons. The van der Waals surface area contributed by atoms with Gasteiger partial charge in [-0.05, 0) is 49.4 Å². The Balaban J connectivity index is 1.26. The lowest BCUT2D eigenvalue weighted by Gasteiger charge is -2.70. The maximum absolute atomic E-state index is 14.1. The number of likely N-dealkylation sites (N-methyl/N-ethyl adjacent to an activating group) is 1. The molecule has 0 aromatic heterocycles. The summed E-state index contributed by atoms with van der Waals surface area (Å²) in [5.74, 6) is -3.02. The second kappa shape index (κ2) is 7.40. The fourth-order valence-corrected chi connectivity index (χ4v) is 9.05. The largest absolute Gasteiger partial charge is 0.504 e. The number of aliphatic hydroxyl groups is 1. The average Bonchev–Trinajstić information content (AvgIpc) is 3.33. The minimum absolute atomic E-state index is 0.0447. The van der Waals surface area contributed by atoms with E-state index in [1.54, 1.807) is 18.0 Å². The predicted molar refractivity (Wildman–Crippen MR) is 139 cm³/mol. The van der Waals surface area contributed by atoms with Crippen molar-refractivity contribution in [1.82, 2.24) is 9.80 Å². The third-order valence-electron chi connectivity index (χ3n) is 10.9. The van der Waals surface area contributed by atoms with Crippen LogP contribution < -0.4 is 4.74 Å². The highest BCUT2D eigenvalue weighted by molar-refractivity contribution is 5.97. The van der Waals surface area contributed by atoms with Crippen LogP contribution in [0.25, 0.3) is 0 Å². The smallest absolute Gasteiger partial charge is 0.252 e. The van der Waals surface area contributed by atoms with Crippen molar-refractivity contribution in [2.75, 3.05) is 20.1 Å². The Morgan fingerprint density at radius 2 is 1.92 bits per heavy atom. The van der Waals surface area contributed by atoms with Crippen molar-refractivity contribution in [1.29, 1.82) is 0 Å². The molecule has 6 atom stereocenters. The zero-order chi connectivity index (χ0) is 26.9. The van der Waals surface area contributed by atoms with Gasteiger partial charge in [-0.3, -0.25) is 9.69 Å². The molecule has 2 N–H and O–H groups in total. The van der Waals surface area contributed by atoms with E-state index >= 15 is 0 Å². The van der Waals surface area contributed by atoms with Gasteiger partial charge < -0.3 is 19.8 Å². The molecule has 9 rings (SSSR count). The first-order chi connectivity index (χ1) is 18.6. The zero-order valence-corrected chi connectivity index (χ0v) is 21.9. The number of hydrogen-bond donors (Lipinski definition) is 2. The number of hydrogen-bond acceptors (Lipinski definition) is 5. The van der Waals surface area contributed by atoms with Gasteiger partial charge in [0, 0.05) is 55.1 Å². The van der Waals surface area contributed by atoms with Gasteiger partial charge in [0.05, 0.1) is 5.41 Å². The number of amides is 1. The van der Waals surface area contributed by atoms with E-state index in [0.717, 1.165) is 16.7 Å². The number of phenolic OH excluding ortho intramolecular Hbond substituents is 1. The van der Waals surface area contributed by atoms with Gasteiger partial charge in [-0.15, -0.1) is 0 Å². The van der Waals surface area contributed by atoms with E-state index in [2.05, 4.69) is 4.90 Å². The molecule has 4 bridgehead atoms. The minimum Gasteiger partial charge on any atom is -0.504 e. The lowest BCUT2D eigenvalue weighted by atomic mass is 9.38. The lowest BCUT2D eigenvalue weighted by Crippen LogP contribution is -2.78. The highest BCUT2D eigenvalue weighted by Gasteiger charge is 2.79. The molecule has 1 saturated heterocycles. The van der Waals surface area contributed by atoms with Gasteiger partial charge in [-0.25, -0.2) is 8.78 Å². The number of rotatable bonds is 5. The van der Waals surface area contributed by atoms with Crippen LogP contribution >= 0.6 is 0 Å². The first kappa shape index (κ1) is 23.9. The summed E-state index contributed by atoms with van der Waals surface area (Å²) in [7, 11) is 1.74. The van der Waals surface area contributed by atoms with Crippen LogP contribution in [0.3, 0.4) is 0 Å². The van der Waals surface area contributed by atoms with E-state index in [9.17, 15) is 23.8 Å². The Kier molecular flexibility index (Phi) is 4.53. The van der Waals surface area contributed by atoms with Crippen molar-refractivity contribution >= 4 is 5.91 Å². The number of nitrogens with zero attached hydrogens (tertiary/aromatic N) is 2. The molecule has 7 aliphatic rings. The molecular formula is C31H32F2N2O4. The molecule has 2 aromatic carbocycles. The Hall–Kier alpha value is -2.97. The Labute approximate surface area is 225 Å². The van der Waals surface area contributed by atoms with Crippen molar-refractivity contribution in [2.45, 2.75) is 67.7 Å². The van der Waals surface area contributed by atoms with Crippen LogP contribution in [0.2, 0.25) is 0 Å². The van der Waals surface area contributed by atoms with Crippen molar-refractivity contribution in [3.8, 4) is 11.5 Å². The summed E-state index contributed by atoms with van der Waals surface area (Å²) in [4.78, 5) is 17.9. The van der Waals surface area contributed by atoms with E-state index in [-0.39, 0.29) is 24.1 Å². The quantitative estimate of drug-likeness (QED) is 0.611. The molecule has 8 heteroatoms. The molecule has 2 aromatic rings. The van der Waals surface area contributed by atoms with Crippen LogP contribution in [0, 0.1) is 11.3 Å². The van der Waals surface area contributed by atoms with Crippen molar-refractivity contribution in [3.63, 3.8) is 0 Å². The number of alkyl halides is 2. The minimum atomic E-state index is -2.60. The summed E-state index contributed by atoms with van der Waals surface area (Å²) in [5.41, 5.74) is 0.644. The molecule has 6 nitrogen and oxygen atoms in total. The number of benzene rings is 2. The van der Waals surface area contributed by atoms with E-state index in [1.807, 2.05) is 42.5 Å². The maximum atomic E-state index is 14.1. The lowest BCUT2D eigenvalue weighted by molar-refractivity contribution is -0.188. The van der Waals surface area contributed by atoms with Gasteiger partial charge in [0.15, 0.2) is 11.5 Å². The van der Waals surface area contributed by atoms with Crippen LogP contribution in [0.5, 0.6) is 11.5 Å². The average molecular weight is 535 g/mol. The second-order valence-corrected chi connectivity index (χ2v) is 12.7. The molecule has 5 aliphatic carbocycles. The molecule has 2 spiro atoms. The summed E-state index contributed by atoms with van der Waals surface area (Å²) in [6.07, 6.45) is 3.47. The fourth-order valence-electron chi connectivity index (χ4n) is 9.05. The van der Waals surface area contributed by atoms with Crippen molar-refractivity contribution < 1.29 is 28.5 Å².